The Labute approximate surface area is 225 Å². The van der Waals surface area contributed by atoms with E-state index in [0.717, 1.165) is 31.4 Å². The molecule has 204 valence electrons. The lowest BCUT2D eigenvalue weighted by Crippen LogP contribution is -2.54. The fourth-order valence-electron chi connectivity index (χ4n) is 6.00. The van der Waals surface area contributed by atoms with Gasteiger partial charge in [0.25, 0.3) is 0 Å². The lowest BCUT2D eigenvalue weighted by Gasteiger charge is -2.43. The molecule has 1 aliphatic carbocycles. The van der Waals surface area contributed by atoms with Gasteiger partial charge in [-0.15, -0.1) is 4.72 Å². The van der Waals surface area contributed by atoms with Crippen LogP contribution in [0, 0.1) is 11.8 Å². The number of urea groups is 1. The molecule has 4 N–H and O–H groups in total. The van der Waals surface area contributed by atoms with Crippen LogP contribution in [0.2, 0.25) is 5.02 Å². The molecule has 1 heterocycles. The number of benzene rings is 1. The zero-order chi connectivity index (χ0) is 26.0. The van der Waals surface area contributed by atoms with E-state index in [0.29, 0.717) is 43.4 Å². The zero-order valence-corrected chi connectivity index (χ0v) is 23.5. The molecule has 1 saturated heterocycles. The molecule has 1 unspecified atom stereocenters. The summed E-state index contributed by atoms with van der Waals surface area (Å²) in [5, 5.41) is 19.2. The van der Waals surface area contributed by atoms with Crippen LogP contribution in [0.5, 0.6) is 0 Å². The smallest absolute Gasteiger partial charge is 0.317 e. The van der Waals surface area contributed by atoms with Crippen LogP contribution in [0.1, 0.15) is 69.8 Å². The Kier molecular flexibility index (Phi) is 12.1. The van der Waals surface area contributed by atoms with Gasteiger partial charge in [0, 0.05) is 54.5 Å². The van der Waals surface area contributed by atoms with Crippen LogP contribution in [0.25, 0.3) is 0 Å². The second-order valence-electron chi connectivity index (χ2n) is 10.6. The Morgan fingerprint density at radius 1 is 1.28 bits per heavy atom. The summed E-state index contributed by atoms with van der Waals surface area (Å²) in [5.41, 5.74) is -0.335. The number of hydrogen-bond acceptors (Lipinski definition) is 5. The molecule has 3 rings (SSSR count). The van der Waals surface area contributed by atoms with Crippen molar-refractivity contribution in [2.45, 2.75) is 75.9 Å². The first kappa shape index (κ1) is 29.5. The molecule has 2 fully saturated rings. The molecule has 7 nitrogen and oxygen atoms in total. The van der Waals surface area contributed by atoms with Gasteiger partial charge in [-0.1, -0.05) is 55.8 Å². The first-order valence-electron chi connectivity index (χ1n) is 13.6. The van der Waals surface area contributed by atoms with Gasteiger partial charge < -0.3 is 25.2 Å². The predicted octanol–water partition coefficient (Wildman–Crippen LogP) is 4.17. The Morgan fingerprint density at radius 3 is 2.75 bits per heavy atom. The molecule has 0 spiro atoms. The number of halogens is 1. The van der Waals surface area contributed by atoms with Gasteiger partial charge in [-0.2, -0.15) is 0 Å². The second-order valence-corrected chi connectivity index (χ2v) is 12.2. The molecule has 1 saturated carbocycles. The molecule has 36 heavy (non-hydrogen) atoms. The number of carbonyl (C=O) groups is 1. The van der Waals surface area contributed by atoms with Crippen molar-refractivity contribution in [2.24, 2.45) is 11.8 Å². The van der Waals surface area contributed by atoms with Crippen LogP contribution < -0.4 is 15.4 Å². The minimum absolute atomic E-state index is 0.0350. The molecule has 2 amide bonds. The third-order valence-electron chi connectivity index (χ3n) is 7.87. The molecule has 1 aromatic carbocycles. The van der Waals surface area contributed by atoms with Crippen molar-refractivity contribution in [2.75, 3.05) is 39.5 Å². The zero-order valence-electron chi connectivity index (χ0n) is 21.9. The monoisotopic (exact) mass is 540 g/mol. The van der Waals surface area contributed by atoms with Crippen LogP contribution in [0.4, 0.5) is 4.79 Å². The normalized spacial score (nSPS) is 22.6. The number of hydrogen-bond donors (Lipinski definition) is 4. The highest BCUT2D eigenvalue weighted by molar-refractivity contribution is 7.88. The summed E-state index contributed by atoms with van der Waals surface area (Å²) in [6, 6.07) is 7.50. The van der Waals surface area contributed by atoms with E-state index in [1.807, 2.05) is 36.2 Å². The van der Waals surface area contributed by atoms with E-state index in [1.54, 1.807) is 6.26 Å². The Morgan fingerprint density at radius 2 is 2.06 bits per heavy atom. The highest BCUT2D eigenvalue weighted by atomic mass is 35.5. The average molecular weight is 541 g/mol. The van der Waals surface area contributed by atoms with Crippen LogP contribution in [-0.4, -0.2) is 66.1 Å². The number of carbonyl (C=O) groups excluding carboxylic acids is 1. The number of aliphatic hydroxyl groups is 1. The summed E-state index contributed by atoms with van der Waals surface area (Å²) in [6.07, 6.45) is 11.9. The van der Waals surface area contributed by atoms with E-state index < -0.39 is 17.0 Å². The first-order valence-corrected chi connectivity index (χ1v) is 15.5. The number of likely N-dealkylation sites (N-methyl/N-ethyl adjacent to an activating group) is 1. The van der Waals surface area contributed by atoms with Gasteiger partial charge in [0.1, 0.15) is 6.26 Å². The van der Waals surface area contributed by atoms with E-state index in [9.17, 15) is 14.5 Å². The molecule has 0 bridgehead atoms. The van der Waals surface area contributed by atoms with Crippen molar-refractivity contribution in [3.63, 3.8) is 0 Å². The highest BCUT2D eigenvalue weighted by Gasteiger charge is 2.41. The highest BCUT2D eigenvalue weighted by Crippen LogP contribution is 2.40. The number of piperidine rings is 1. The van der Waals surface area contributed by atoms with Gasteiger partial charge in [-0.05, 0) is 62.8 Å². The number of nitrogens with zero attached hydrogens (tertiary/aromatic N) is 1. The largest absolute Gasteiger partial charge is 0.598 e. The summed E-state index contributed by atoms with van der Waals surface area (Å²) in [6.45, 7) is 2.51. The first-order chi connectivity index (χ1) is 17.3. The van der Waals surface area contributed by atoms with E-state index in [4.69, 9.17) is 11.6 Å². The number of likely N-dealkylation sites (tertiary alicyclic amines) is 1. The van der Waals surface area contributed by atoms with Crippen molar-refractivity contribution in [1.29, 1.82) is 0 Å². The maximum Gasteiger partial charge on any atom is 0.317 e. The van der Waals surface area contributed by atoms with E-state index >= 15 is 0 Å². The number of rotatable bonds is 12. The maximum absolute atomic E-state index is 13.4. The van der Waals surface area contributed by atoms with E-state index in [-0.39, 0.29) is 18.0 Å². The summed E-state index contributed by atoms with van der Waals surface area (Å²) < 4.78 is 14.4. The average Bonchev–Trinajstić information content (AvgIpc) is 2.87. The Bertz CT molecular complexity index is 811. The molecule has 1 aliphatic heterocycles. The van der Waals surface area contributed by atoms with E-state index in [2.05, 4.69) is 15.4 Å². The third-order valence-corrected chi connectivity index (χ3v) is 8.71. The SMILES string of the molecule is CNC[C@H](CC1CCCCC1)NC(=O)N1CCC[C@@H]([C@@](O)(CCCN[S+](C)[O-])c2cccc(Cl)c2)C1. The van der Waals surface area contributed by atoms with Gasteiger partial charge in [-0.3, -0.25) is 0 Å². The van der Waals surface area contributed by atoms with Crippen LogP contribution in [-0.2, 0) is 17.0 Å². The minimum atomic E-state index is -1.12. The number of nitrogens with one attached hydrogen (secondary N) is 3. The van der Waals surface area contributed by atoms with Crippen molar-refractivity contribution in [3.05, 3.63) is 34.9 Å². The predicted molar refractivity (Wildman–Crippen MR) is 148 cm³/mol. The van der Waals surface area contributed by atoms with Crippen LogP contribution in [0.15, 0.2) is 24.3 Å². The van der Waals surface area contributed by atoms with Gasteiger partial charge in [0.05, 0.1) is 5.60 Å². The lowest BCUT2D eigenvalue weighted by molar-refractivity contribution is -0.0551. The molecular weight excluding hydrogens is 496 g/mol. The van der Waals surface area contributed by atoms with Gasteiger partial charge in [0.2, 0.25) is 0 Å². The summed E-state index contributed by atoms with van der Waals surface area (Å²) in [4.78, 5) is 15.2. The third kappa shape index (κ3) is 8.77. The molecule has 1 aromatic rings. The van der Waals surface area contributed by atoms with Crippen molar-refractivity contribution >= 4 is 29.0 Å². The Balaban J connectivity index is 1.68. The fourth-order valence-corrected chi connectivity index (χ4v) is 6.62. The maximum atomic E-state index is 13.4. The molecule has 4 atom stereocenters. The van der Waals surface area contributed by atoms with Gasteiger partial charge >= 0.3 is 6.03 Å². The van der Waals surface area contributed by atoms with Crippen molar-refractivity contribution in [1.82, 2.24) is 20.3 Å². The second kappa shape index (κ2) is 14.8. The van der Waals surface area contributed by atoms with Crippen molar-refractivity contribution < 1.29 is 14.5 Å². The molecule has 0 radical (unpaired) electrons. The molecule has 0 aromatic heterocycles. The Hall–Kier alpha value is -1.03. The van der Waals surface area contributed by atoms with Crippen LogP contribution in [0.3, 0.4) is 0 Å². The standard InChI is InChI=1S/C27H45ClN4O3S/c1-29-19-25(17-21-9-4-3-5-10-21)31-26(33)32-16-7-12-23(20-32)27(34,14-8-15-30-36(2)35)22-11-6-13-24(28)18-22/h6,11,13,18,21,23,25,29-30,34H,3-5,7-10,12,14-17,19-20H2,1-2H3,(H,31,33)/t23-,25+,27-,36?/m1/s1. The van der Waals surface area contributed by atoms with E-state index in [1.165, 1.54) is 32.1 Å². The quantitative estimate of drug-likeness (QED) is 0.235. The molecule has 2 aliphatic rings. The molecule has 9 heteroatoms. The minimum Gasteiger partial charge on any atom is -0.598 e. The summed E-state index contributed by atoms with van der Waals surface area (Å²) in [5.74, 6) is 0.578. The van der Waals surface area contributed by atoms with Crippen LogP contribution >= 0.6 is 11.6 Å². The van der Waals surface area contributed by atoms with Gasteiger partial charge in [-0.25, -0.2) is 4.79 Å². The summed E-state index contributed by atoms with van der Waals surface area (Å²) in [7, 11) is 1.94. The lowest BCUT2D eigenvalue weighted by atomic mass is 9.74. The van der Waals surface area contributed by atoms with Gasteiger partial charge in [0.15, 0.2) is 0 Å². The fraction of sp³-hybridized carbons (Fsp3) is 0.741. The number of amides is 2. The van der Waals surface area contributed by atoms with Crippen molar-refractivity contribution in [3.8, 4) is 0 Å². The topological polar surface area (TPSA) is 99.7 Å². The molecular formula is C27H45ClN4O3S. The summed E-state index contributed by atoms with van der Waals surface area (Å²) >= 11 is 5.21.